The van der Waals surface area contributed by atoms with Gasteiger partial charge in [-0.3, -0.25) is 14.4 Å². The molecule has 0 saturated carbocycles. The molecule has 1 aliphatic heterocycles. The average Bonchev–Trinajstić information content (AvgIpc) is 2.58. The number of nitrogens with zero attached hydrogens (tertiary/aromatic N) is 1. The van der Waals surface area contributed by atoms with E-state index in [9.17, 15) is 14.4 Å². The van der Waals surface area contributed by atoms with Gasteiger partial charge in [-0.1, -0.05) is 20.8 Å². The van der Waals surface area contributed by atoms with E-state index in [1.807, 2.05) is 20.8 Å². The van der Waals surface area contributed by atoms with Crippen molar-refractivity contribution in [3.63, 3.8) is 0 Å². The Labute approximate surface area is 148 Å². The lowest BCUT2D eigenvalue weighted by Gasteiger charge is -2.30. The van der Waals surface area contributed by atoms with E-state index in [-0.39, 0.29) is 23.1 Å². The molecule has 0 unspecified atom stereocenters. The van der Waals surface area contributed by atoms with Crippen LogP contribution in [0.4, 0.5) is 0 Å². The summed E-state index contributed by atoms with van der Waals surface area (Å²) in [5.41, 5.74) is 1.04. The van der Waals surface area contributed by atoms with Crippen molar-refractivity contribution in [2.75, 3.05) is 19.6 Å². The monoisotopic (exact) mass is 346 g/mol. The second-order valence-electron chi connectivity index (χ2n) is 7.73. The second kappa shape index (κ2) is 7.68. The number of piperidine rings is 1. The van der Waals surface area contributed by atoms with Crippen LogP contribution in [0, 0.1) is 11.3 Å². The number of carboxylic acids is 1. The lowest BCUT2D eigenvalue weighted by atomic mass is 9.96. The first-order chi connectivity index (χ1) is 11.7. The molecule has 1 fully saturated rings. The second-order valence-corrected chi connectivity index (χ2v) is 7.73. The highest BCUT2D eigenvalue weighted by atomic mass is 16.4. The molecule has 0 bridgehead atoms. The minimum atomic E-state index is -0.794. The number of aliphatic carboxylic acids is 1. The summed E-state index contributed by atoms with van der Waals surface area (Å²) in [6.07, 6.45) is 0.961. The van der Waals surface area contributed by atoms with E-state index < -0.39 is 5.97 Å². The molecule has 136 valence electrons. The molecular formula is C19H26N2O4. The first kappa shape index (κ1) is 19.0. The van der Waals surface area contributed by atoms with E-state index in [1.54, 1.807) is 29.2 Å². The molecule has 1 saturated heterocycles. The van der Waals surface area contributed by atoms with Gasteiger partial charge in [-0.25, -0.2) is 0 Å². The maximum Gasteiger partial charge on any atom is 0.306 e. The van der Waals surface area contributed by atoms with Crippen LogP contribution in [-0.4, -0.2) is 47.4 Å². The maximum atomic E-state index is 12.5. The van der Waals surface area contributed by atoms with Crippen LogP contribution in [0.15, 0.2) is 24.3 Å². The van der Waals surface area contributed by atoms with Gasteiger partial charge in [-0.05, 0) is 42.5 Å². The van der Waals surface area contributed by atoms with Gasteiger partial charge in [0.25, 0.3) is 11.8 Å². The largest absolute Gasteiger partial charge is 0.481 e. The molecule has 2 rings (SSSR count). The molecule has 0 atom stereocenters. The molecule has 1 aromatic rings. The Bertz CT molecular complexity index is 638. The van der Waals surface area contributed by atoms with Gasteiger partial charge < -0.3 is 15.3 Å². The Kier molecular flexibility index (Phi) is 5.82. The number of rotatable bonds is 4. The zero-order valence-electron chi connectivity index (χ0n) is 15.0. The fraction of sp³-hybridized carbons (Fsp3) is 0.526. The lowest BCUT2D eigenvalue weighted by Crippen LogP contribution is -2.40. The highest BCUT2D eigenvalue weighted by Crippen LogP contribution is 2.19. The van der Waals surface area contributed by atoms with Crippen LogP contribution in [-0.2, 0) is 4.79 Å². The molecule has 0 aliphatic carbocycles. The van der Waals surface area contributed by atoms with Gasteiger partial charge in [0, 0.05) is 30.8 Å². The minimum absolute atomic E-state index is 0.00758. The molecule has 0 radical (unpaired) electrons. The predicted molar refractivity (Wildman–Crippen MR) is 94.5 cm³/mol. The molecule has 0 aromatic heterocycles. The number of nitrogens with one attached hydrogen (secondary N) is 1. The SMILES string of the molecule is CC(C)(C)CNC(=O)c1ccc(C(=O)N2CCC(C(=O)O)CC2)cc1. The Morgan fingerprint density at radius 1 is 1.08 bits per heavy atom. The number of hydrogen-bond donors (Lipinski definition) is 2. The Morgan fingerprint density at radius 3 is 2.08 bits per heavy atom. The molecule has 2 amide bonds. The van der Waals surface area contributed by atoms with Crippen molar-refractivity contribution < 1.29 is 19.5 Å². The summed E-state index contributed by atoms with van der Waals surface area (Å²) in [6.45, 7) is 7.60. The first-order valence-electron chi connectivity index (χ1n) is 8.58. The van der Waals surface area contributed by atoms with E-state index in [0.717, 1.165) is 0 Å². The average molecular weight is 346 g/mol. The van der Waals surface area contributed by atoms with Crippen LogP contribution in [0.3, 0.4) is 0 Å². The van der Waals surface area contributed by atoms with Gasteiger partial charge in [-0.2, -0.15) is 0 Å². The predicted octanol–water partition coefficient (Wildman–Crippen LogP) is 2.40. The number of amides is 2. The zero-order chi connectivity index (χ0) is 18.6. The molecule has 1 aliphatic rings. The van der Waals surface area contributed by atoms with Crippen LogP contribution >= 0.6 is 0 Å². The molecule has 6 nitrogen and oxygen atoms in total. The Balaban J connectivity index is 1.94. The van der Waals surface area contributed by atoms with E-state index in [4.69, 9.17) is 5.11 Å². The number of likely N-dealkylation sites (tertiary alicyclic amines) is 1. The van der Waals surface area contributed by atoms with Crippen molar-refractivity contribution in [2.24, 2.45) is 11.3 Å². The van der Waals surface area contributed by atoms with Crippen LogP contribution in [0.1, 0.15) is 54.3 Å². The van der Waals surface area contributed by atoms with Crippen LogP contribution < -0.4 is 5.32 Å². The Morgan fingerprint density at radius 2 is 1.60 bits per heavy atom. The van der Waals surface area contributed by atoms with E-state index >= 15 is 0 Å². The van der Waals surface area contributed by atoms with E-state index in [1.165, 1.54) is 0 Å². The third-order valence-electron chi connectivity index (χ3n) is 4.30. The highest BCUT2D eigenvalue weighted by molar-refractivity contribution is 5.97. The smallest absolute Gasteiger partial charge is 0.306 e. The number of carbonyl (C=O) groups excluding carboxylic acids is 2. The normalized spacial score (nSPS) is 15.7. The maximum absolute atomic E-state index is 12.5. The molecule has 25 heavy (non-hydrogen) atoms. The summed E-state index contributed by atoms with van der Waals surface area (Å²) in [4.78, 5) is 37.3. The standard InChI is InChI=1S/C19H26N2O4/c1-19(2,3)12-20-16(22)13-4-6-14(7-5-13)17(23)21-10-8-15(9-11-21)18(24)25/h4-7,15H,8-12H2,1-3H3,(H,20,22)(H,24,25). The number of hydrogen-bond acceptors (Lipinski definition) is 3. The van der Waals surface area contributed by atoms with Gasteiger partial charge in [-0.15, -0.1) is 0 Å². The number of carbonyl (C=O) groups is 3. The summed E-state index contributed by atoms with van der Waals surface area (Å²) in [5, 5.41) is 11.9. The fourth-order valence-electron chi connectivity index (χ4n) is 2.72. The molecular weight excluding hydrogens is 320 g/mol. The summed E-state index contributed by atoms with van der Waals surface area (Å²) < 4.78 is 0. The summed E-state index contributed by atoms with van der Waals surface area (Å²) in [6, 6.07) is 6.60. The van der Waals surface area contributed by atoms with Gasteiger partial charge in [0.1, 0.15) is 0 Å². The first-order valence-corrected chi connectivity index (χ1v) is 8.58. The van der Waals surface area contributed by atoms with Crippen LogP contribution in [0.25, 0.3) is 0 Å². The molecule has 2 N–H and O–H groups in total. The molecule has 1 heterocycles. The lowest BCUT2D eigenvalue weighted by molar-refractivity contribution is -0.143. The third-order valence-corrected chi connectivity index (χ3v) is 4.30. The quantitative estimate of drug-likeness (QED) is 0.876. The Hall–Kier alpha value is -2.37. The van der Waals surface area contributed by atoms with Crippen LogP contribution in [0.5, 0.6) is 0 Å². The fourth-order valence-corrected chi connectivity index (χ4v) is 2.72. The van der Waals surface area contributed by atoms with Gasteiger partial charge in [0.15, 0.2) is 0 Å². The molecule has 1 aromatic carbocycles. The van der Waals surface area contributed by atoms with Crippen molar-refractivity contribution in [3.05, 3.63) is 35.4 Å². The van der Waals surface area contributed by atoms with Crippen molar-refractivity contribution in [1.82, 2.24) is 10.2 Å². The summed E-state index contributed by atoms with van der Waals surface area (Å²) in [5.74, 6) is -1.43. The molecule has 0 spiro atoms. The van der Waals surface area contributed by atoms with Crippen molar-refractivity contribution >= 4 is 17.8 Å². The van der Waals surface area contributed by atoms with Crippen molar-refractivity contribution in [1.29, 1.82) is 0 Å². The van der Waals surface area contributed by atoms with Crippen LogP contribution in [0.2, 0.25) is 0 Å². The number of carboxylic acid groups (broad SMARTS) is 1. The minimum Gasteiger partial charge on any atom is -0.481 e. The summed E-state index contributed by atoms with van der Waals surface area (Å²) in [7, 11) is 0. The van der Waals surface area contributed by atoms with Gasteiger partial charge in [0.2, 0.25) is 0 Å². The summed E-state index contributed by atoms with van der Waals surface area (Å²) >= 11 is 0. The van der Waals surface area contributed by atoms with Gasteiger partial charge in [0.05, 0.1) is 5.92 Å². The molecule has 6 heteroatoms. The van der Waals surface area contributed by atoms with Crippen molar-refractivity contribution in [3.8, 4) is 0 Å². The highest BCUT2D eigenvalue weighted by Gasteiger charge is 2.27. The van der Waals surface area contributed by atoms with E-state index in [2.05, 4.69) is 5.32 Å². The van der Waals surface area contributed by atoms with Crippen molar-refractivity contribution in [2.45, 2.75) is 33.6 Å². The topological polar surface area (TPSA) is 86.7 Å². The third kappa shape index (κ3) is 5.31. The zero-order valence-corrected chi connectivity index (χ0v) is 15.0. The number of benzene rings is 1. The van der Waals surface area contributed by atoms with Gasteiger partial charge >= 0.3 is 5.97 Å². The van der Waals surface area contributed by atoms with E-state index in [0.29, 0.717) is 43.6 Å².